The summed E-state index contributed by atoms with van der Waals surface area (Å²) in [5.74, 6) is 0.0993. The molecular formula is C23H23Cl2N5O2S. The molecule has 0 aliphatic carbocycles. The summed E-state index contributed by atoms with van der Waals surface area (Å²) >= 11 is 13.3. The van der Waals surface area contributed by atoms with Crippen LogP contribution in [0, 0.1) is 0 Å². The number of aromatic nitrogens is 3. The average molecular weight is 504 g/mol. The number of para-hydroxylation sites is 1. The maximum absolute atomic E-state index is 12.6. The minimum atomic E-state index is -0.271. The van der Waals surface area contributed by atoms with E-state index in [1.54, 1.807) is 28.8 Å². The first kappa shape index (κ1) is 24.8. The van der Waals surface area contributed by atoms with E-state index in [4.69, 9.17) is 23.2 Å². The monoisotopic (exact) mass is 503 g/mol. The van der Waals surface area contributed by atoms with Gasteiger partial charge in [-0.3, -0.25) is 9.59 Å². The van der Waals surface area contributed by atoms with Crippen molar-refractivity contribution in [1.29, 1.82) is 0 Å². The zero-order valence-electron chi connectivity index (χ0n) is 18.0. The van der Waals surface area contributed by atoms with Crippen LogP contribution in [-0.2, 0) is 29.0 Å². The molecule has 0 unspecified atom stereocenters. The number of nitrogens with one attached hydrogen (secondary N) is 2. The maximum Gasteiger partial charge on any atom is 0.234 e. The molecule has 7 nitrogen and oxygen atoms in total. The first-order chi connectivity index (χ1) is 15.9. The predicted molar refractivity (Wildman–Crippen MR) is 134 cm³/mol. The van der Waals surface area contributed by atoms with Gasteiger partial charge >= 0.3 is 0 Å². The molecule has 0 atom stereocenters. The van der Waals surface area contributed by atoms with Gasteiger partial charge in [0.15, 0.2) is 5.16 Å². The van der Waals surface area contributed by atoms with E-state index in [1.807, 2.05) is 31.2 Å². The first-order valence-corrected chi connectivity index (χ1v) is 11.9. The third-order valence-electron chi connectivity index (χ3n) is 4.65. The van der Waals surface area contributed by atoms with Crippen molar-refractivity contribution in [2.24, 2.45) is 0 Å². The van der Waals surface area contributed by atoms with Gasteiger partial charge in [0.2, 0.25) is 11.8 Å². The smallest absolute Gasteiger partial charge is 0.234 e. The van der Waals surface area contributed by atoms with Crippen LogP contribution >= 0.6 is 35.0 Å². The minimum absolute atomic E-state index is 0.0454. The van der Waals surface area contributed by atoms with Crippen molar-refractivity contribution >= 4 is 58.2 Å². The summed E-state index contributed by atoms with van der Waals surface area (Å²) in [6, 6.07) is 12.7. The summed E-state index contributed by atoms with van der Waals surface area (Å²) in [6.45, 7) is 6.21. The highest BCUT2D eigenvalue weighted by Crippen LogP contribution is 2.29. The highest BCUT2D eigenvalue weighted by Gasteiger charge is 2.17. The second-order valence-electron chi connectivity index (χ2n) is 6.97. The van der Waals surface area contributed by atoms with Gasteiger partial charge in [-0.15, -0.1) is 16.8 Å². The molecule has 3 rings (SSSR count). The normalized spacial score (nSPS) is 10.6. The van der Waals surface area contributed by atoms with E-state index in [0.29, 0.717) is 28.2 Å². The third kappa shape index (κ3) is 6.60. The van der Waals surface area contributed by atoms with Crippen LogP contribution in [0.4, 0.5) is 11.4 Å². The predicted octanol–water partition coefficient (Wildman–Crippen LogP) is 5.25. The second-order valence-corrected chi connectivity index (χ2v) is 8.70. The van der Waals surface area contributed by atoms with E-state index < -0.39 is 0 Å². The van der Waals surface area contributed by atoms with Crippen LogP contribution < -0.4 is 10.6 Å². The molecule has 0 spiro atoms. The Morgan fingerprint density at radius 3 is 2.55 bits per heavy atom. The zero-order chi connectivity index (χ0) is 23.8. The summed E-state index contributed by atoms with van der Waals surface area (Å²) in [4.78, 5) is 25.0. The number of aryl methyl sites for hydroxylation is 1. The molecule has 3 aromatic rings. The van der Waals surface area contributed by atoms with Crippen molar-refractivity contribution in [2.75, 3.05) is 16.4 Å². The van der Waals surface area contributed by atoms with Crippen molar-refractivity contribution in [1.82, 2.24) is 14.8 Å². The molecule has 2 amide bonds. The largest absolute Gasteiger partial charge is 0.325 e. The Bertz CT molecular complexity index is 1170. The molecule has 1 heterocycles. The van der Waals surface area contributed by atoms with Crippen LogP contribution in [0.15, 0.2) is 60.3 Å². The van der Waals surface area contributed by atoms with Gasteiger partial charge in [0.25, 0.3) is 0 Å². The third-order valence-corrected chi connectivity index (χ3v) is 6.44. The molecule has 0 aliphatic rings. The summed E-state index contributed by atoms with van der Waals surface area (Å²) in [5, 5.41) is 15.1. The minimum Gasteiger partial charge on any atom is -0.325 e. The van der Waals surface area contributed by atoms with Crippen LogP contribution in [0.5, 0.6) is 0 Å². The molecule has 0 bridgehead atoms. The lowest BCUT2D eigenvalue weighted by atomic mass is 10.1. The molecule has 0 saturated heterocycles. The van der Waals surface area contributed by atoms with Gasteiger partial charge in [-0.2, -0.15) is 0 Å². The zero-order valence-corrected chi connectivity index (χ0v) is 20.3. The molecule has 0 aliphatic heterocycles. The molecule has 0 fully saturated rings. The number of carbonyl (C=O) groups excluding carboxylic acids is 2. The van der Waals surface area contributed by atoms with Gasteiger partial charge in [-0.1, -0.05) is 72.2 Å². The summed E-state index contributed by atoms with van der Waals surface area (Å²) < 4.78 is 1.77. The van der Waals surface area contributed by atoms with E-state index in [1.165, 1.54) is 11.8 Å². The number of nitrogens with zero attached hydrogens (tertiary/aromatic N) is 3. The van der Waals surface area contributed by atoms with E-state index in [2.05, 4.69) is 27.4 Å². The number of thioether (sulfide) groups is 1. The van der Waals surface area contributed by atoms with E-state index in [0.717, 1.165) is 17.7 Å². The highest BCUT2D eigenvalue weighted by atomic mass is 35.5. The van der Waals surface area contributed by atoms with Gasteiger partial charge in [0.1, 0.15) is 5.82 Å². The summed E-state index contributed by atoms with van der Waals surface area (Å²) in [5.41, 5.74) is 2.28. The van der Waals surface area contributed by atoms with E-state index >= 15 is 0 Å². The average Bonchev–Trinajstić information content (AvgIpc) is 3.17. The highest BCUT2D eigenvalue weighted by molar-refractivity contribution is 7.99. The van der Waals surface area contributed by atoms with Gasteiger partial charge in [-0.05, 0) is 30.2 Å². The number of halogens is 2. The van der Waals surface area contributed by atoms with E-state index in [9.17, 15) is 9.59 Å². The Morgan fingerprint density at radius 2 is 1.79 bits per heavy atom. The fraction of sp³-hybridized carbons (Fsp3) is 0.217. The van der Waals surface area contributed by atoms with Crippen LogP contribution in [0.2, 0.25) is 10.0 Å². The van der Waals surface area contributed by atoms with Crippen molar-refractivity contribution in [3.8, 4) is 0 Å². The molecule has 2 aromatic carbocycles. The second kappa shape index (κ2) is 11.9. The number of carbonyl (C=O) groups is 2. The van der Waals surface area contributed by atoms with Gasteiger partial charge in [-0.25, -0.2) is 0 Å². The van der Waals surface area contributed by atoms with Crippen molar-refractivity contribution in [2.45, 2.75) is 31.5 Å². The van der Waals surface area contributed by atoms with Crippen molar-refractivity contribution in [3.63, 3.8) is 0 Å². The number of amides is 2. The lowest BCUT2D eigenvalue weighted by molar-refractivity contribution is -0.116. The SMILES string of the molecule is C=CCn1c(CC(=O)Nc2ccccc2CC)nnc1SCC(=O)Nc1cccc(Cl)c1Cl. The number of benzene rings is 2. The molecule has 0 radical (unpaired) electrons. The lowest BCUT2D eigenvalue weighted by Gasteiger charge is -2.11. The van der Waals surface area contributed by atoms with Crippen LogP contribution in [0.1, 0.15) is 18.3 Å². The fourth-order valence-electron chi connectivity index (χ4n) is 3.07. The Labute approximate surface area is 206 Å². The van der Waals surface area contributed by atoms with Crippen molar-refractivity contribution in [3.05, 3.63) is 76.6 Å². The summed E-state index contributed by atoms with van der Waals surface area (Å²) in [6.07, 6.45) is 2.54. The molecule has 172 valence electrons. The quantitative estimate of drug-likeness (QED) is 0.291. The topological polar surface area (TPSA) is 88.9 Å². The lowest BCUT2D eigenvalue weighted by Crippen LogP contribution is -2.19. The molecule has 0 saturated carbocycles. The number of allylic oxidation sites excluding steroid dienone is 1. The van der Waals surface area contributed by atoms with Gasteiger partial charge in [0.05, 0.1) is 27.9 Å². The Balaban J connectivity index is 1.65. The summed E-state index contributed by atoms with van der Waals surface area (Å²) in [7, 11) is 0. The number of anilines is 2. The Hall–Kier alpha value is -2.81. The van der Waals surface area contributed by atoms with Crippen LogP contribution in [-0.4, -0.2) is 32.3 Å². The standard InChI is InChI=1S/C23H23Cl2N5O2S/c1-3-12-30-19(13-20(31)26-17-10-6-5-8-15(17)4-2)28-29-23(30)33-14-21(32)27-18-11-7-9-16(24)22(18)25/h3,5-11H,1,4,12-14H2,2H3,(H,26,31)(H,27,32). The Kier molecular flexibility index (Phi) is 8.94. The van der Waals surface area contributed by atoms with Gasteiger partial charge < -0.3 is 15.2 Å². The van der Waals surface area contributed by atoms with E-state index in [-0.39, 0.29) is 29.0 Å². The Morgan fingerprint density at radius 1 is 1.06 bits per heavy atom. The maximum atomic E-state index is 12.6. The first-order valence-electron chi connectivity index (χ1n) is 10.2. The molecule has 33 heavy (non-hydrogen) atoms. The number of hydrogen-bond acceptors (Lipinski definition) is 5. The van der Waals surface area contributed by atoms with Crippen LogP contribution in [0.3, 0.4) is 0 Å². The number of rotatable bonds is 10. The number of hydrogen-bond donors (Lipinski definition) is 2. The van der Waals surface area contributed by atoms with Gasteiger partial charge in [0, 0.05) is 12.2 Å². The fourth-order valence-corrected chi connectivity index (χ4v) is 4.19. The van der Waals surface area contributed by atoms with Crippen LogP contribution in [0.25, 0.3) is 0 Å². The molecule has 10 heteroatoms. The molecular weight excluding hydrogens is 481 g/mol. The van der Waals surface area contributed by atoms with Crippen molar-refractivity contribution < 1.29 is 9.59 Å². The molecule has 2 N–H and O–H groups in total. The molecule has 1 aromatic heterocycles.